The van der Waals surface area contributed by atoms with E-state index in [9.17, 15) is 9.90 Å². The van der Waals surface area contributed by atoms with E-state index in [1.165, 1.54) is 0 Å². The first-order valence-corrected chi connectivity index (χ1v) is 4.42. The van der Waals surface area contributed by atoms with Gasteiger partial charge in [-0.1, -0.05) is 12.5 Å². The van der Waals surface area contributed by atoms with Gasteiger partial charge in [0.15, 0.2) is 5.78 Å². The highest BCUT2D eigenvalue weighted by molar-refractivity contribution is 6.00. The molecule has 0 aromatic heterocycles. The zero-order valence-corrected chi connectivity index (χ0v) is 7.92. The van der Waals surface area contributed by atoms with Crippen LogP contribution < -0.4 is 0 Å². The van der Waals surface area contributed by atoms with Gasteiger partial charge in [0.2, 0.25) is 0 Å². The minimum Gasteiger partial charge on any atom is -0.385 e. The third-order valence-corrected chi connectivity index (χ3v) is 2.56. The van der Waals surface area contributed by atoms with E-state index >= 15 is 0 Å². The first-order valence-electron chi connectivity index (χ1n) is 4.42. The highest BCUT2D eigenvalue weighted by atomic mass is 16.3. The Labute approximate surface area is 73.3 Å². The highest BCUT2D eigenvalue weighted by Gasteiger charge is 2.30. The molecule has 2 nitrogen and oxygen atoms in total. The van der Waals surface area contributed by atoms with Crippen molar-refractivity contribution in [2.45, 2.75) is 39.7 Å². The average molecular weight is 168 g/mol. The summed E-state index contributed by atoms with van der Waals surface area (Å²) in [6, 6.07) is 0. The molecule has 0 radical (unpaired) electrons. The molecule has 68 valence electrons. The SMILES string of the molecule is CC(C)=C1CCC(C)C(O)C1=O. The van der Waals surface area contributed by atoms with Gasteiger partial charge >= 0.3 is 0 Å². The van der Waals surface area contributed by atoms with Crippen molar-refractivity contribution in [1.82, 2.24) is 0 Å². The summed E-state index contributed by atoms with van der Waals surface area (Å²) in [5, 5.41) is 9.48. The Morgan fingerprint density at radius 3 is 2.58 bits per heavy atom. The molecule has 0 aromatic carbocycles. The minimum absolute atomic E-state index is 0.0613. The van der Waals surface area contributed by atoms with E-state index in [1.54, 1.807) is 0 Å². The van der Waals surface area contributed by atoms with Crippen LogP contribution in [0.2, 0.25) is 0 Å². The second-order valence-corrected chi connectivity index (χ2v) is 3.80. The summed E-state index contributed by atoms with van der Waals surface area (Å²) in [4.78, 5) is 11.5. The van der Waals surface area contributed by atoms with Crippen LogP contribution in [0.3, 0.4) is 0 Å². The van der Waals surface area contributed by atoms with Gasteiger partial charge in [-0.05, 0) is 38.2 Å². The molecule has 0 spiro atoms. The summed E-state index contributed by atoms with van der Waals surface area (Å²) in [6.45, 7) is 5.77. The monoisotopic (exact) mass is 168 g/mol. The molecule has 0 aromatic rings. The molecule has 1 N–H and O–H groups in total. The summed E-state index contributed by atoms with van der Waals surface area (Å²) < 4.78 is 0. The molecule has 0 aliphatic heterocycles. The van der Waals surface area contributed by atoms with Crippen molar-refractivity contribution in [2.75, 3.05) is 0 Å². The van der Waals surface area contributed by atoms with Crippen LogP contribution in [0.25, 0.3) is 0 Å². The molecule has 0 saturated heterocycles. The molecule has 2 heteroatoms. The standard InChI is InChI=1S/C10H16O2/c1-6(2)8-5-4-7(3)9(11)10(8)12/h7,9,11H,4-5H2,1-3H3. The summed E-state index contributed by atoms with van der Waals surface area (Å²) in [7, 11) is 0. The quantitative estimate of drug-likeness (QED) is 0.559. The Kier molecular flexibility index (Phi) is 2.68. The van der Waals surface area contributed by atoms with Crippen LogP contribution >= 0.6 is 0 Å². The topological polar surface area (TPSA) is 37.3 Å². The summed E-state index contributed by atoms with van der Waals surface area (Å²) in [5.74, 6) is 0.0642. The van der Waals surface area contributed by atoms with Gasteiger partial charge in [0.1, 0.15) is 6.10 Å². The van der Waals surface area contributed by atoms with Crippen LogP contribution in [0, 0.1) is 5.92 Å². The number of carbonyl (C=O) groups is 1. The predicted octanol–water partition coefficient (Wildman–Crippen LogP) is 1.68. The number of aliphatic hydroxyl groups excluding tert-OH is 1. The lowest BCUT2D eigenvalue weighted by atomic mass is 9.82. The van der Waals surface area contributed by atoms with Crippen molar-refractivity contribution in [1.29, 1.82) is 0 Å². The van der Waals surface area contributed by atoms with E-state index in [0.29, 0.717) is 0 Å². The smallest absolute Gasteiger partial charge is 0.187 e. The first kappa shape index (κ1) is 9.46. The normalized spacial score (nSPS) is 30.7. The molecular formula is C10H16O2. The minimum atomic E-state index is -0.761. The number of rotatable bonds is 0. The number of allylic oxidation sites excluding steroid dienone is 1. The van der Waals surface area contributed by atoms with E-state index in [4.69, 9.17) is 0 Å². The van der Waals surface area contributed by atoms with E-state index in [1.807, 2.05) is 20.8 Å². The van der Waals surface area contributed by atoms with Crippen LogP contribution in [-0.4, -0.2) is 17.0 Å². The largest absolute Gasteiger partial charge is 0.385 e. The number of carbonyl (C=O) groups excluding carboxylic acids is 1. The van der Waals surface area contributed by atoms with Crippen molar-refractivity contribution < 1.29 is 9.90 Å². The van der Waals surface area contributed by atoms with Crippen molar-refractivity contribution in [3.8, 4) is 0 Å². The van der Waals surface area contributed by atoms with Gasteiger partial charge in [-0.3, -0.25) is 4.79 Å². The average Bonchev–Trinajstić information content (AvgIpc) is 2.00. The van der Waals surface area contributed by atoms with Crippen LogP contribution in [0.5, 0.6) is 0 Å². The van der Waals surface area contributed by atoms with Gasteiger partial charge in [-0.15, -0.1) is 0 Å². The summed E-state index contributed by atoms with van der Waals surface area (Å²) in [5.41, 5.74) is 1.88. The maximum Gasteiger partial charge on any atom is 0.187 e. The highest BCUT2D eigenvalue weighted by Crippen LogP contribution is 2.27. The molecule has 0 amide bonds. The number of ketones is 1. The molecule has 1 saturated carbocycles. The molecular weight excluding hydrogens is 152 g/mol. The van der Waals surface area contributed by atoms with Gasteiger partial charge in [-0.25, -0.2) is 0 Å². The zero-order chi connectivity index (χ0) is 9.30. The van der Waals surface area contributed by atoms with E-state index in [-0.39, 0.29) is 11.7 Å². The van der Waals surface area contributed by atoms with E-state index in [0.717, 1.165) is 24.0 Å². The van der Waals surface area contributed by atoms with Crippen molar-refractivity contribution in [3.05, 3.63) is 11.1 Å². The Morgan fingerprint density at radius 2 is 2.08 bits per heavy atom. The van der Waals surface area contributed by atoms with Crippen LogP contribution in [0.15, 0.2) is 11.1 Å². The third-order valence-electron chi connectivity index (χ3n) is 2.56. The molecule has 0 heterocycles. The second kappa shape index (κ2) is 3.40. The number of hydrogen-bond acceptors (Lipinski definition) is 2. The second-order valence-electron chi connectivity index (χ2n) is 3.80. The first-order chi connectivity index (χ1) is 5.54. The van der Waals surface area contributed by atoms with Gasteiger partial charge in [-0.2, -0.15) is 0 Å². The molecule has 1 fully saturated rings. The fourth-order valence-electron chi connectivity index (χ4n) is 1.59. The van der Waals surface area contributed by atoms with Gasteiger partial charge in [0.05, 0.1) is 0 Å². The predicted molar refractivity (Wildman–Crippen MR) is 47.8 cm³/mol. The van der Waals surface area contributed by atoms with E-state index in [2.05, 4.69) is 0 Å². The molecule has 1 aliphatic rings. The fraction of sp³-hybridized carbons (Fsp3) is 0.700. The Morgan fingerprint density at radius 1 is 1.50 bits per heavy atom. The maximum absolute atomic E-state index is 11.5. The molecule has 0 bridgehead atoms. The lowest BCUT2D eigenvalue weighted by Crippen LogP contribution is -2.33. The number of Topliss-reactive ketones (excluding diaryl/α,β-unsaturated/α-hetero) is 1. The van der Waals surface area contributed by atoms with Crippen molar-refractivity contribution in [3.63, 3.8) is 0 Å². The Balaban J connectivity index is 2.87. The van der Waals surface area contributed by atoms with Gasteiger partial charge in [0.25, 0.3) is 0 Å². The van der Waals surface area contributed by atoms with Crippen molar-refractivity contribution >= 4 is 5.78 Å². The zero-order valence-electron chi connectivity index (χ0n) is 7.92. The summed E-state index contributed by atoms with van der Waals surface area (Å²) >= 11 is 0. The van der Waals surface area contributed by atoms with Gasteiger partial charge < -0.3 is 5.11 Å². The van der Waals surface area contributed by atoms with Crippen LogP contribution in [0.4, 0.5) is 0 Å². The van der Waals surface area contributed by atoms with Crippen LogP contribution in [0.1, 0.15) is 33.6 Å². The fourth-order valence-corrected chi connectivity index (χ4v) is 1.59. The summed E-state index contributed by atoms with van der Waals surface area (Å²) in [6.07, 6.45) is 0.996. The molecule has 1 aliphatic carbocycles. The molecule has 1 rings (SSSR count). The Bertz CT molecular complexity index is 224. The lowest BCUT2D eigenvalue weighted by Gasteiger charge is -2.25. The maximum atomic E-state index is 11.5. The molecule has 12 heavy (non-hydrogen) atoms. The third kappa shape index (κ3) is 1.58. The molecule has 2 atom stereocenters. The number of aliphatic hydroxyl groups is 1. The lowest BCUT2D eigenvalue weighted by molar-refractivity contribution is -0.127. The van der Waals surface area contributed by atoms with E-state index < -0.39 is 6.10 Å². The Hall–Kier alpha value is -0.630. The van der Waals surface area contributed by atoms with Gasteiger partial charge in [0, 0.05) is 0 Å². The van der Waals surface area contributed by atoms with Crippen LogP contribution in [-0.2, 0) is 4.79 Å². The molecule has 2 unspecified atom stereocenters. The van der Waals surface area contributed by atoms with Crippen molar-refractivity contribution in [2.24, 2.45) is 5.92 Å². The number of hydrogen-bond donors (Lipinski definition) is 1.